The summed E-state index contributed by atoms with van der Waals surface area (Å²) in [7, 11) is 3.34. The maximum absolute atomic E-state index is 11.7. The quantitative estimate of drug-likeness (QED) is 0.890. The number of aryl methyl sites for hydroxylation is 1. The van der Waals surface area contributed by atoms with Crippen molar-refractivity contribution < 1.29 is 14.7 Å². The van der Waals surface area contributed by atoms with Gasteiger partial charge >= 0.3 is 5.97 Å². The van der Waals surface area contributed by atoms with Crippen molar-refractivity contribution in [1.82, 2.24) is 19.9 Å². The number of nitrogens with zero attached hydrogens (tertiary/aromatic N) is 4. The van der Waals surface area contributed by atoms with E-state index in [0.717, 1.165) is 0 Å². The van der Waals surface area contributed by atoms with Gasteiger partial charge in [-0.25, -0.2) is 9.48 Å². The van der Waals surface area contributed by atoms with Crippen LogP contribution in [0.5, 0.6) is 0 Å². The van der Waals surface area contributed by atoms with Crippen LogP contribution in [0.1, 0.15) is 16.9 Å². The van der Waals surface area contributed by atoms with Gasteiger partial charge in [-0.15, -0.1) is 5.10 Å². The summed E-state index contributed by atoms with van der Waals surface area (Å²) in [6, 6.07) is 9.03. The summed E-state index contributed by atoms with van der Waals surface area (Å²) in [5, 5.41) is 16.8. The van der Waals surface area contributed by atoms with Crippen LogP contribution in [0.15, 0.2) is 30.3 Å². The lowest BCUT2D eigenvalue weighted by molar-refractivity contribution is -0.128. The number of aromatic carboxylic acids is 1. The summed E-state index contributed by atoms with van der Waals surface area (Å²) in [4.78, 5) is 24.4. The first-order valence-corrected chi connectivity index (χ1v) is 6.43. The molecule has 21 heavy (non-hydrogen) atoms. The third-order valence-corrected chi connectivity index (χ3v) is 3.02. The first-order valence-electron chi connectivity index (χ1n) is 6.43. The Morgan fingerprint density at radius 2 is 1.90 bits per heavy atom. The van der Waals surface area contributed by atoms with E-state index < -0.39 is 5.97 Å². The minimum atomic E-state index is -1.14. The van der Waals surface area contributed by atoms with Gasteiger partial charge in [-0.2, -0.15) is 0 Å². The van der Waals surface area contributed by atoms with Crippen molar-refractivity contribution >= 4 is 11.9 Å². The van der Waals surface area contributed by atoms with Crippen LogP contribution in [0.3, 0.4) is 0 Å². The second kappa shape index (κ2) is 6.17. The van der Waals surface area contributed by atoms with Gasteiger partial charge in [0.1, 0.15) is 5.69 Å². The molecule has 1 N–H and O–H groups in total. The van der Waals surface area contributed by atoms with E-state index >= 15 is 0 Å². The molecule has 0 aliphatic rings. The summed E-state index contributed by atoms with van der Waals surface area (Å²) in [6.45, 7) is 0.279. The van der Waals surface area contributed by atoms with Crippen molar-refractivity contribution in [2.45, 2.75) is 13.0 Å². The molecule has 0 bridgehead atoms. The molecular weight excluding hydrogens is 272 g/mol. The average molecular weight is 288 g/mol. The highest BCUT2D eigenvalue weighted by atomic mass is 16.4. The first kappa shape index (κ1) is 14.7. The Morgan fingerprint density at radius 3 is 2.48 bits per heavy atom. The monoisotopic (exact) mass is 288 g/mol. The van der Waals surface area contributed by atoms with Gasteiger partial charge in [0.15, 0.2) is 5.69 Å². The second-order valence-electron chi connectivity index (χ2n) is 4.72. The molecule has 2 rings (SSSR count). The summed E-state index contributed by atoms with van der Waals surface area (Å²) < 4.78 is 1.46. The standard InChI is InChI=1S/C14H16N4O3/c1-17(2)11(19)8-9-18-13(10-6-4-3-5-7-10)12(14(20)21)15-16-18/h3-7H,8-9H2,1-2H3,(H,20,21). The van der Waals surface area contributed by atoms with Crippen molar-refractivity contribution in [3.63, 3.8) is 0 Å². The summed E-state index contributed by atoms with van der Waals surface area (Å²) >= 11 is 0. The number of benzene rings is 1. The smallest absolute Gasteiger partial charge is 0.358 e. The predicted molar refractivity (Wildman–Crippen MR) is 75.7 cm³/mol. The largest absolute Gasteiger partial charge is 0.476 e. The number of carboxylic acid groups (broad SMARTS) is 1. The van der Waals surface area contributed by atoms with E-state index in [2.05, 4.69) is 10.3 Å². The number of aromatic nitrogens is 3. The van der Waals surface area contributed by atoms with Crippen molar-refractivity contribution in [1.29, 1.82) is 0 Å². The fraction of sp³-hybridized carbons (Fsp3) is 0.286. The topological polar surface area (TPSA) is 88.3 Å². The Labute approximate surface area is 121 Å². The molecule has 1 aromatic heterocycles. The van der Waals surface area contributed by atoms with Crippen LogP contribution in [0, 0.1) is 0 Å². The van der Waals surface area contributed by atoms with E-state index in [9.17, 15) is 14.7 Å². The zero-order valence-corrected chi connectivity index (χ0v) is 11.9. The van der Waals surface area contributed by atoms with Gasteiger partial charge in [-0.3, -0.25) is 4.79 Å². The third kappa shape index (κ3) is 3.25. The van der Waals surface area contributed by atoms with Crippen LogP contribution in [0.2, 0.25) is 0 Å². The molecule has 0 spiro atoms. The molecule has 1 heterocycles. The molecule has 0 aliphatic carbocycles. The van der Waals surface area contributed by atoms with Crippen molar-refractivity contribution in [3.05, 3.63) is 36.0 Å². The number of rotatable bonds is 5. The van der Waals surface area contributed by atoms with Gasteiger partial charge in [-0.1, -0.05) is 35.5 Å². The highest BCUT2D eigenvalue weighted by molar-refractivity contribution is 5.92. The van der Waals surface area contributed by atoms with Crippen molar-refractivity contribution in [3.8, 4) is 11.3 Å². The van der Waals surface area contributed by atoms with Crippen molar-refractivity contribution in [2.75, 3.05) is 14.1 Å². The molecule has 0 radical (unpaired) electrons. The maximum atomic E-state index is 11.7. The summed E-state index contributed by atoms with van der Waals surface area (Å²) in [6.07, 6.45) is 0.231. The zero-order valence-electron chi connectivity index (χ0n) is 11.9. The minimum absolute atomic E-state index is 0.0543. The van der Waals surface area contributed by atoms with Crippen LogP contribution in [-0.2, 0) is 11.3 Å². The van der Waals surface area contributed by atoms with Crippen molar-refractivity contribution in [2.24, 2.45) is 0 Å². The lowest BCUT2D eigenvalue weighted by atomic mass is 10.1. The number of amides is 1. The highest BCUT2D eigenvalue weighted by Crippen LogP contribution is 2.22. The second-order valence-corrected chi connectivity index (χ2v) is 4.72. The van der Waals surface area contributed by atoms with E-state index in [0.29, 0.717) is 11.3 Å². The van der Waals surface area contributed by atoms with Crippen LogP contribution in [0.4, 0.5) is 0 Å². The summed E-state index contributed by atoms with van der Waals surface area (Å²) in [5.41, 5.74) is 1.00. The number of carbonyl (C=O) groups is 2. The molecule has 7 nitrogen and oxygen atoms in total. The van der Waals surface area contributed by atoms with Gasteiger partial charge in [0.05, 0.1) is 6.54 Å². The molecule has 0 unspecified atom stereocenters. The minimum Gasteiger partial charge on any atom is -0.476 e. The zero-order chi connectivity index (χ0) is 15.4. The number of carbonyl (C=O) groups excluding carboxylic acids is 1. The Hall–Kier alpha value is -2.70. The molecule has 110 valence electrons. The van der Waals surface area contributed by atoms with E-state index in [1.165, 1.54) is 9.58 Å². The van der Waals surface area contributed by atoms with Gasteiger partial charge in [0, 0.05) is 26.1 Å². The Morgan fingerprint density at radius 1 is 1.24 bits per heavy atom. The molecule has 0 saturated carbocycles. The van der Waals surface area contributed by atoms with Gasteiger partial charge in [-0.05, 0) is 0 Å². The first-order chi connectivity index (χ1) is 10.0. The Bertz CT molecular complexity index is 649. The number of hydrogen-bond acceptors (Lipinski definition) is 4. The molecular formula is C14H16N4O3. The fourth-order valence-electron chi connectivity index (χ4n) is 1.92. The van der Waals surface area contributed by atoms with E-state index in [4.69, 9.17) is 0 Å². The van der Waals surface area contributed by atoms with Gasteiger partial charge in [0.25, 0.3) is 0 Å². The van der Waals surface area contributed by atoms with Crippen LogP contribution >= 0.6 is 0 Å². The molecule has 0 aliphatic heterocycles. The Balaban J connectivity index is 2.34. The Kier molecular flexibility index (Phi) is 4.32. The van der Waals surface area contributed by atoms with Gasteiger partial charge in [0.2, 0.25) is 5.91 Å². The summed E-state index contributed by atoms with van der Waals surface area (Å²) in [5.74, 6) is -1.19. The lowest BCUT2D eigenvalue weighted by Gasteiger charge is -2.11. The highest BCUT2D eigenvalue weighted by Gasteiger charge is 2.20. The molecule has 0 saturated heterocycles. The predicted octanol–water partition coefficient (Wildman–Crippen LogP) is 1.12. The molecule has 0 atom stereocenters. The number of carboxylic acids is 1. The van der Waals surface area contributed by atoms with Crippen LogP contribution in [0.25, 0.3) is 11.3 Å². The molecule has 2 aromatic rings. The normalized spacial score (nSPS) is 10.4. The molecule has 1 amide bonds. The fourth-order valence-corrected chi connectivity index (χ4v) is 1.92. The third-order valence-electron chi connectivity index (χ3n) is 3.02. The van der Waals surface area contributed by atoms with Crippen LogP contribution < -0.4 is 0 Å². The number of hydrogen-bond donors (Lipinski definition) is 1. The van der Waals surface area contributed by atoms with E-state index in [1.807, 2.05) is 18.2 Å². The lowest BCUT2D eigenvalue weighted by Crippen LogP contribution is -2.23. The SMILES string of the molecule is CN(C)C(=O)CCn1nnc(C(=O)O)c1-c1ccccc1. The average Bonchev–Trinajstić information content (AvgIpc) is 2.89. The van der Waals surface area contributed by atoms with Gasteiger partial charge < -0.3 is 10.0 Å². The van der Waals surface area contributed by atoms with E-state index in [1.54, 1.807) is 26.2 Å². The maximum Gasteiger partial charge on any atom is 0.358 e. The van der Waals surface area contributed by atoms with Crippen LogP contribution in [-0.4, -0.2) is 51.0 Å². The molecule has 0 fully saturated rings. The molecule has 1 aromatic carbocycles. The molecule has 7 heteroatoms. The van der Waals surface area contributed by atoms with E-state index in [-0.39, 0.29) is 24.6 Å².